The van der Waals surface area contributed by atoms with Crippen molar-refractivity contribution >= 4 is 5.69 Å². The molecular weight excluding hydrogens is 232 g/mol. The predicted molar refractivity (Wildman–Crippen MR) is 83.7 cm³/mol. The molecule has 1 aromatic carbocycles. The zero-order valence-electron chi connectivity index (χ0n) is 12.7. The predicted octanol–water partition coefficient (Wildman–Crippen LogP) is 3.65. The molecule has 2 atom stereocenters. The topological polar surface area (TPSA) is 29.3 Å². The van der Waals surface area contributed by atoms with Crippen LogP contribution in [0.5, 0.6) is 0 Å². The third-order valence-corrected chi connectivity index (χ3v) is 4.49. The molecule has 2 N–H and O–H groups in total. The minimum atomic E-state index is 0.385. The van der Waals surface area contributed by atoms with Crippen LogP contribution in [0.15, 0.2) is 18.2 Å². The van der Waals surface area contributed by atoms with Crippen LogP contribution in [0.25, 0.3) is 0 Å². The maximum atomic E-state index is 6.34. The van der Waals surface area contributed by atoms with Gasteiger partial charge in [0.2, 0.25) is 0 Å². The maximum Gasteiger partial charge on any atom is 0.0393 e. The molecule has 106 valence electrons. The summed E-state index contributed by atoms with van der Waals surface area (Å²) in [4.78, 5) is 2.39. The second-order valence-corrected chi connectivity index (χ2v) is 6.23. The summed E-state index contributed by atoms with van der Waals surface area (Å²) in [6.45, 7) is 5.44. The number of benzene rings is 1. The Morgan fingerprint density at radius 1 is 1.16 bits per heavy atom. The molecule has 19 heavy (non-hydrogen) atoms. The Kier molecular flexibility index (Phi) is 4.87. The molecule has 0 radical (unpaired) electrons. The van der Waals surface area contributed by atoms with Crippen molar-refractivity contribution < 1.29 is 0 Å². The van der Waals surface area contributed by atoms with E-state index in [4.69, 9.17) is 5.73 Å². The summed E-state index contributed by atoms with van der Waals surface area (Å²) in [6.07, 6.45) is 6.50. The van der Waals surface area contributed by atoms with Crippen molar-refractivity contribution in [3.05, 3.63) is 29.3 Å². The van der Waals surface area contributed by atoms with E-state index in [0.717, 1.165) is 6.54 Å². The Labute approximate surface area is 118 Å². The summed E-state index contributed by atoms with van der Waals surface area (Å²) in [5.41, 5.74) is 10.4. The average molecular weight is 260 g/mol. The standard InChI is InChI=1S/C17H28N2/c1-13-9-10-17(14(2)11-13)19(3)12-15-7-5-4-6-8-16(15)18/h9-11,15-16H,4-8,12,18H2,1-3H3. The van der Waals surface area contributed by atoms with Gasteiger partial charge in [-0.15, -0.1) is 0 Å². The van der Waals surface area contributed by atoms with E-state index >= 15 is 0 Å². The van der Waals surface area contributed by atoms with Crippen LogP contribution < -0.4 is 10.6 Å². The summed E-state index contributed by atoms with van der Waals surface area (Å²) >= 11 is 0. The minimum absolute atomic E-state index is 0.385. The van der Waals surface area contributed by atoms with Crippen molar-refractivity contribution in [3.63, 3.8) is 0 Å². The Balaban J connectivity index is 2.04. The third kappa shape index (κ3) is 3.73. The molecule has 0 heterocycles. The van der Waals surface area contributed by atoms with Gasteiger partial charge in [-0.1, -0.05) is 37.0 Å². The molecule has 0 spiro atoms. The summed E-state index contributed by atoms with van der Waals surface area (Å²) in [7, 11) is 2.20. The SMILES string of the molecule is Cc1ccc(N(C)CC2CCCCCC2N)c(C)c1. The summed E-state index contributed by atoms with van der Waals surface area (Å²) in [5.74, 6) is 0.646. The zero-order chi connectivity index (χ0) is 13.8. The lowest BCUT2D eigenvalue weighted by molar-refractivity contribution is 0.401. The first-order valence-electron chi connectivity index (χ1n) is 7.62. The molecule has 0 saturated heterocycles. The van der Waals surface area contributed by atoms with Crippen LogP contribution in [0, 0.1) is 19.8 Å². The second kappa shape index (κ2) is 6.42. The molecule has 2 heteroatoms. The van der Waals surface area contributed by atoms with E-state index in [9.17, 15) is 0 Å². The van der Waals surface area contributed by atoms with Gasteiger partial charge in [-0.2, -0.15) is 0 Å². The molecule has 1 aliphatic rings. The number of hydrogen-bond acceptors (Lipinski definition) is 2. The first-order chi connectivity index (χ1) is 9.08. The van der Waals surface area contributed by atoms with E-state index in [1.165, 1.54) is 48.9 Å². The van der Waals surface area contributed by atoms with E-state index < -0.39 is 0 Å². The van der Waals surface area contributed by atoms with Gasteiger partial charge < -0.3 is 10.6 Å². The molecule has 2 nitrogen and oxygen atoms in total. The van der Waals surface area contributed by atoms with Crippen molar-refractivity contribution in [1.82, 2.24) is 0 Å². The van der Waals surface area contributed by atoms with Crippen LogP contribution in [0.4, 0.5) is 5.69 Å². The molecule has 0 amide bonds. The zero-order valence-corrected chi connectivity index (χ0v) is 12.7. The van der Waals surface area contributed by atoms with Gasteiger partial charge in [-0.3, -0.25) is 0 Å². The number of aryl methyl sites for hydroxylation is 2. The summed E-state index contributed by atoms with van der Waals surface area (Å²) in [6, 6.07) is 7.09. The number of anilines is 1. The van der Waals surface area contributed by atoms with Crippen molar-refractivity contribution in [1.29, 1.82) is 0 Å². The molecule has 1 saturated carbocycles. The van der Waals surface area contributed by atoms with E-state index in [-0.39, 0.29) is 0 Å². The van der Waals surface area contributed by atoms with E-state index in [1.807, 2.05) is 0 Å². The molecule has 2 rings (SSSR count). The highest BCUT2D eigenvalue weighted by molar-refractivity contribution is 5.53. The highest BCUT2D eigenvalue weighted by atomic mass is 15.1. The van der Waals surface area contributed by atoms with Gasteiger partial charge in [-0.05, 0) is 44.2 Å². The fraction of sp³-hybridized carbons (Fsp3) is 0.647. The van der Waals surface area contributed by atoms with E-state index in [2.05, 4.69) is 44.0 Å². The number of nitrogens with two attached hydrogens (primary N) is 1. The van der Waals surface area contributed by atoms with Crippen LogP contribution in [-0.2, 0) is 0 Å². The molecule has 2 unspecified atom stereocenters. The summed E-state index contributed by atoms with van der Waals surface area (Å²) in [5, 5.41) is 0. The van der Waals surface area contributed by atoms with Crippen molar-refractivity contribution in [2.24, 2.45) is 11.7 Å². The molecule has 1 aromatic rings. The highest BCUT2D eigenvalue weighted by Gasteiger charge is 2.22. The Hall–Kier alpha value is -1.02. The fourth-order valence-electron chi connectivity index (χ4n) is 3.32. The van der Waals surface area contributed by atoms with Crippen LogP contribution in [0.3, 0.4) is 0 Å². The monoisotopic (exact) mass is 260 g/mol. The molecule has 1 aliphatic carbocycles. The Morgan fingerprint density at radius 2 is 1.89 bits per heavy atom. The van der Waals surface area contributed by atoms with E-state index in [0.29, 0.717) is 12.0 Å². The molecule has 0 aromatic heterocycles. The number of hydrogen-bond donors (Lipinski definition) is 1. The average Bonchev–Trinajstić information content (AvgIpc) is 2.55. The van der Waals surface area contributed by atoms with Crippen LogP contribution in [-0.4, -0.2) is 19.6 Å². The highest BCUT2D eigenvalue weighted by Crippen LogP contribution is 2.26. The lowest BCUT2D eigenvalue weighted by atomic mass is 9.94. The Morgan fingerprint density at radius 3 is 2.63 bits per heavy atom. The van der Waals surface area contributed by atoms with Crippen molar-refractivity contribution in [2.75, 3.05) is 18.5 Å². The number of rotatable bonds is 3. The van der Waals surface area contributed by atoms with E-state index in [1.54, 1.807) is 0 Å². The maximum absolute atomic E-state index is 6.34. The normalized spacial score (nSPS) is 24.0. The first-order valence-corrected chi connectivity index (χ1v) is 7.62. The minimum Gasteiger partial charge on any atom is -0.374 e. The van der Waals surface area contributed by atoms with Crippen LogP contribution in [0.2, 0.25) is 0 Å². The molecular formula is C17H28N2. The molecule has 0 aliphatic heterocycles. The van der Waals surface area contributed by atoms with Crippen molar-refractivity contribution in [3.8, 4) is 0 Å². The van der Waals surface area contributed by atoms with Gasteiger partial charge in [0.15, 0.2) is 0 Å². The fourth-order valence-corrected chi connectivity index (χ4v) is 3.32. The van der Waals surface area contributed by atoms with Gasteiger partial charge in [0.25, 0.3) is 0 Å². The number of nitrogens with zero attached hydrogens (tertiary/aromatic N) is 1. The Bertz CT molecular complexity index is 414. The smallest absolute Gasteiger partial charge is 0.0393 e. The van der Waals surface area contributed by atoms with Crippen LogP contribution in [0.1, 0.15) is 43.2 Å². The second-order valence-electron chi connectivity index (χ2n) is 6.23. The van der Waals surface area contributed by atoms with Gasteiger partial charge >= 0.3 is 0 Å². The molecule has 0 bridgehead atoms. The largest absolute Gasteiger partial charge is 0.374 e. The van der Waals surface area contributed by atoms with Gasteiger partial charge in [0.1, 0.15) is 0 Å². The quantitative estimate of drug-likeness (QED) is 0.841. The van der Waals surface area contributed by atoms with Gasteiger partial charge in [-0.25, -0.2) is 0 Å². The summed E-state index contributed by atoms with van der Waals surface area (Å²) < 4.78 is 0. The lowest BCUT2D eigenvalue weighted by Crippen LogP contribution is -2.37. The first kappa shape index (κ1) is 14.4. The van der Waals surface area contributed by atoms with Gasteiger partial charge in [0, 0.05) is 25.3 Å². The third-order valence-electron chi connectivity index (χ3n) is 4.49. The van der Waals surface area contributed by atoms with Crippen molar-refractivity contribution in [2.45, 2.75) is 52.0 Å². The molecule has 1 fully saturated rings. The lowest BCUT2D eigenvalue weighted by Gasteiger charge is -2.29. The van der Waals surface area contributed by atoms with Crippen LogP contribution >= 0.6 is 0 Å². The van der Waals surface area contributed by atoms with Gasteiger partial charge in [0.05, 0.1) is 0 Å².